The number of fused-ring (bicyclic) bond motifs is 1. The predicted octanol–water partition coefficient (Wildman–Crippen LogP) is 4.72. The van der Waals surface area contributed by atoms with E-state index in [1.54, 1.807) is 18.2 Å². The van der Waals surface area contributed by atoms with E-state index < -0.39 is 19.2 Å². The first-order chi connectivity index (χ1) is 15.7. The Balaban J connectivity index is 1.68. The van der Waals surface area contributed by atoms with Crippen LogP contribution in [-0.4, -0.2) is 42.2 Å². The molecule has 33 heavy (non-hydrogen) atoms. The maximum absolute atomic E-state index is 13.1. The Bertz CT molecular complexity index is 961. The van der Waals surface area contributed by atoms with E-state index >= 15 is 0 Å². The molecule has 8 nitrogen and oxygen atoms in total. The number of amides is 1. The third kappa shape index (κ3) is 4.65. The van der Waals surface area contributed by atoms with Gasteiger partial charge in [-0.1, -0.05) is 33.4 Å². The number of nitrogens with zero attached hydrogens (tertiary/aromatic N) is 2. The first kappa shape index (κ1) is 24.9. The standard InChI is InChI=1S/C24H32N2O6Si/c1-6-18-14-20-21(16(5)32-33(7-2,8-3)9-4)23(27)25(20)22(18)24(28)31-15-17-10-12-19(13-11-17)26(29)30/h6,10-13,16,20-21H,1,7-9,14-15H2,2-5H3. The predicted molar refractivity (Wildman–Crippen MR) is 127 cm³/mol. The van der Waals surface area contributed by atoms with Gasteiger partial charge in [-0.25, -0.2) is 4.79 Å². The van der Waals surface area contributed by atoms with E-state index in [-0.39, 0.29) is 42.0 Å². The second-order valence-corrected chi connectivity index (χ2v) is 13.4. The van der Waals surface area contributed by atoms with E-state index in [9.17, 15) is 19.7 Å². The molecule has 0 spiro atoms. The molecule has 178 valence electrons. The molecule has 1 aromatic rings. The number of carbonyl (C=O) groups is 2. The van der Waals surface area contributed by atoms with Crippen molar-refractivity contribution in [1.82, 2.24) is 4.90 Å². The number of allylic oxidation sites excluding steroid dienone is 1. The van der Waals surface area contributed by atoms with Crippen LogP contribution < -0.4 is 0 Å². The molecule has 0 saturated carbocycles. The Morgan fingerprint density at radius 1 is 1.27 bits per heavy atom. The van der Waals surface area contributed by atoms with E-state index in [4.69, 9.17) is 9.16 Å². The van der Waals surface area contributed by atoms with Crippen LogP contribution in [0.4, 0.5) is 5.69 Å². The van der Waals surface area contributed by atoms with Crippen molar-refractivity contribution in [3.63, 3.8) is 0 Å². The zero-order valence-corrected chi connectivity index (χ0v) is 20.7. The third-order valence-corrected chi connectivity index (χ3v) is 11.8. The average Bonchev–Trinajstić information content (AvgIpc) is 3.15. The molecule has 2 aliphatic rings. The summed E-state index contributed by atoms with van der Waals surface area (Å²) < 4.78 is 12.0. The van der Waals surface area contributed by atoms with E-state index in [0.29, 0.717) is 17.6 Å². The maximum atomic E-state index is 13.1. The number of ether oxygens (including phenoxy) is 1. The number of carbonyl (C=O) groups excluding carboxylic acids is 2. The lowest BCUT2D eigenvalue weighted by Gasteiger charge is -2.48. The summed E-state index contributed by atoms with van der Waals surface area (Å²) in [5, 5.41) is 10.8. The summed E-state index contributed by atoms with van der Waals surface area (Å²) in [5.41, 5.74) is 1.53. The highest BCUT2D eigenvalue weighted by molar-refractivity contribution is 6.73. The first-order valence-electron chi connectivity index (χ1n) is 11.5. The molecule has 1 amide bonds. The number of non-ortho nitro benzene ring substituents is 1. The monoisotopic (exact) mass is 472 g/mol. The van der Waals surface area contributed by atoms with Crippen LogP contribution in [0.1, 0.15) is 39.7 Å². The van der Waals surface area contributed by atoms with Gasteiger partial charge in [0.05, 0.1) is 23.0 Å². The minimum absolute atomic E-state index is 0.0322. The lowest BCUT2D eigenvalue weighted by Crippen LogP contribution is -2.63. The molecular formula is C24H32N2O6Si. The van der Waals surface area contributed by atoms with Gasteiger partial charge in [0.25, 0.3) is 5.69 Å². The van der Waals surface area contributed by atoms with Crippen molar-refractivity contribution in [3.05, 3.63) is 63.9 Å². The van der Waals surface area contributed by atoms with Crippen molar-refractivity contribution < 1.29 is 23.7 Å². The molecule has 3 atom stereocenters. The molecule has 9 heteroatoms. The average molecular weight is 473 g/mol. The van der Waals surface area contributed by atoms with Gasteiger partial charge in [-0.05, 0) is 54.7 Å². The lowest BCUT2D eigenvalue weighted by molar-refractivity contribution is -0.384. The van der Waals surface area contributed by atoms with Crippen LogP contribution in [0.2, 0.25) is 18.1 Å². The normalized spacial score (nSPS) is 20.8. The summed E-state index contributed by atoms with van der Waals surface area (Å²) in [4.78, 5) is 37.8. The summed E-state index contributed by atoms with van der Waals surface area (Å²) >= 11 is 0. The summed E-state index contributed by atoms with van der Waals surface area (Å²) in [5.74, 6) is -0.986. The van der Waals surface area contributed by atoms with Crippen LogP contribution in [0.5, 0.6) is 0 Å². The molecule has 0 aromatic heterocycles. The molecule has 1 aromatic carbocycles. The van der Waals surface area contributed by atoms with Crippen molar-refractivity contribution in [3.8, 4) is 0 Å². The van der Waals surface area contributed by atoms with Gasteiger partial charge in [0, 0.05) is 12.1 Å². The Labute approximate surface area is 195 Å². The minimum Gasteiger partial charge on any atom is -0.456 e. The van der Waals surface area contributed by atoms with Crippen LogP contribution in [0.25, 0.3) is 0 Å². The summed E-state index contributed by atoms with van der Waals surface area (Å²) in [7, 11) is -1.86. The summed E-state index contributed by atoms with van der Waals surface area (Å²) in [6, 6.07) is 8.71. The highest BCUT2D eigenvalue weighted by Crippen LogP contribution is 2.45. The fourth-order valence-corrected chi connectivity index (χ4v) is 7.80. The van der Waals surface area contributed by atoms with E-state index in [1.165, 1.54) is 17.0 Å². The van der Waals surface area contributed by atoms with Crippen molar-refractivity contribution in [2.75, 3.05) is 0 Å². The number of benzene rings is 1. The number of rotatable bonds is 11. The molecule has 0 N–H and O–H groups in total. The largest absolute Gasteiger partial charge is 0.456 e. The van der Waals surface area contributed by atoms with Gasteiger partial charge < -0.3 is 14.1 Å². The van der Waals surface area contributed by atoms with Crippen molar-refractivity contribution in [1.29, 1.82) is 0 Å². The highest BCUT2D eigenvalue weighted by Gasteiger charge is 2.57. The maximum Gasteiger partial charge on any atom is 0.355 e. The van der Waals surface area contributed by atoms with Gasteiger partial charge in [0.1, 0.15) is 12.3 Å². The number of hydrogen-bond donors (Lipinski definition) is 0. The third-order valence-electron chi connectivity index (χ3n) is 7.07. The zero-order chi connectivity index (χ0) is 24.3. The summed E-state index contributed by atoms with van der Waals surface area (Å²) in [6.07, 6.45) is 1.96. The number of nitro groups is 1. The second kappa shape index (κ2) is 10.0. The lowest BCUT2D eigenvalue weighted by atomic mass is 9.83. The molecule has 2 heterocycles. The van der Waals surface area contributed by atoms with Crippen molar-refractivity contribution >= 4 is 25.9 Å². The van der Waals surface area contributed by atoms with E-state index in [0.717, 1.165) is 18.1 Å². The van der Waals surface area contributed by atoms with Gasteiger partial charge in [-0.2, -0.15) is 0 Å². The van der Waals surface area contributed by atoms with Gasteiger partial charge >= 0.3 is 5.97 Å². The van der Waals surface area contributed by atoms with Crippen LogP contribution in [-0.2, 0) is 25.4 Å². The van der Waals surface area contributed by atoms with Crippen molar-refractivity contribution in [2.45, 2.75) is 71.0 Å². The molecule has 3 unspecified atom stereocenters. The quantitative estimate of drug-likeness (QED) is 0.152. The molecule has 1 saturated heterocycles. The Morgan fingerprint density at radius 2 is 1.88 bits per heavy atom. The van der Waals surface area contributed by atoms with Crippen molar-refractivity contribution in [2.24, 2.45) is 5.92 Å². The number of nitro benzene ring substituents is 1. The first-order valence-corrected chi connectivity index (χ1v) is 14.0. The molecule has 1 fully saturated rings. The van der Waals surface area contributed by atoms with Crippen LogP contribution in [0.15, 0.2) is 48.2 Å². The Morgan fingerprint density at radius 3 is 2.39 bits per heavy atom. The summed E-state index contributed by atoms with van der Waals surface area (Å²) in [6.45, 7) is 12.2. The van der Waals surface area contributed by atoms with Crippen LogP contribution in [0.3, 0.4) is 0 Å². The van der Waals surface area contributed by atoms with Gasteiger partial charge in [0.2, 0.25) is 5.91 Å². The minimum atomic E-state index is -1.86. The smallest absolute Gasteiger partial charge is 0.355 e. The molecule has 0 radical (unpaired) electrons. The van der Waals surface area contributed by atoms with Gasteiger partial charge in [-0.3, -0.25) is 14.9 Å². The molecule has 3 rings (SSSR count). The Hall–Kier alpha value is -2.78. The van der Waals surface area contributed by atoms with Gasteiger partial charge in [-0.15, -0.1) is 0 Å². The molecule has 2 aliphatic heterocycles. The number of hydrogen-bond acceptors (Lipinski definition) is 6. The number of β-lactam (4-membered cyclic amide) rings is 1. The van der Waals surface area contributed by atoms with E-state index in [1.807, 2.05) is 6.92 Å². The molecule has 0 aliphatic carbocycles. The number of esters is 1. The fourth-order valence-electron chi connectivity index (χ4n) is 4.86. The SMILES string of the molecule is C=CC1=C(C(=O)OCc2ccc([N+](=O)[O-])cc2)N2C(=O)C(C(C)O[Si](CC)(CC)CC)C2C1. The van der Waals surface area contributed by atoms with Crippen LogP contribution >= 0.6 is 0 Å². The van der Waals surface area contributed by atoms with E-state index in [2.05, 4.69) is 27.4 Å². The Kier molecular flexibility index (Phi) is 7.54. The highest BCUT2D eigenvalue weighted by atomic mass is 28.4. The topological polar surface area (TPSA) is 99.0 Å². The molecular weight excluding hydrogens is 440 g/mol. The van der Waals surface area contributed by atoms with Crippen LogP contribution in [0, 0.1) is 16.0 Å². The zero-order valence-electron chi connectivity index (χ0n) is 19.7. The molecule has 0 bridgehead atoms. The fraction of sp³-hybridized carbons (Fsp3) is 0.500. The second-order valence-electron chi connectivity index (χ2n) is 8.65. The van der Waals surface area contributed by atoms with Gasteiger partial charge in [0.15, 0.2) is 8.32 Å².